The number of aryl methyl sites for hydroxylation is 1. The monoisotopic (exact) mass is 336 g/mol. The maximum absolute atomic E-state index is 13.8. The van der Waals surface area contributed by atoms with Gasteiger partial charge in [-0.1, -0.05) is 23.7 Å². The Morgan fingerprint density at radius 1 is 1.35 bits per heavy atom. The Morgan fingerprint density at radius 3 is 2.65 bits per heavy atom. The van der Waals surface area contributed by atoms with Crippen LogP contribution in [0, 0.1) is 5.82 Å². The topological polar surface area (TPSA) is 50.2 Å². The van der Waals surface area contributed by atoms with Crippen LogP contribution < -0.4 is 10.2 Å². The quantitative estimate of drug-likeness (QED) is 0.937. The third-order valence-corrected chi connectivity index (χ3v) is 4.30. The molecule has 1 aromatic heterocycles. The number of hydrogen-bond donors (Lipinski definition) is 1. The summed E-state index contributed by atoms with van der Waals surface area (Å²) >= 11 is 5.98. The number of carbonyl (C=O) groups excluding carboxylic acids is 1. The predicted octanol–water partition coefficient (Wildman–Crippen LogP) is 2.61. The SMILES string of the molecule is Cn1cc(Cl)c(C(=O)NC2CCN(c3ccccc3F)CC2)n1. The number of hydrogen-bond acceptors (Lipinski definition) is 3. The normalized spacial score (nSPS) is 15.7. The molecule has 0 spiro atoms. The van der Waals surface area contributed by atoms with Gasteiger partial charge in [0.25, 0.3) is 5.91 Å². The third-order valence-electron chi connectivity index (χ3n) is 4.02. The number of amides is 1. The van der Waals surface area contributed by atoms with Crippen LogP contribution in [0.2, 0.25) is 5.02 Å². The summed E-state index contributed by atoms with van der Waals surface area (Å²) in [6.07, 6.45) is 3.10. The molecule has 7 heteroatoms. The summed E-state index contributed by atoms with van der Waals surface area (Å²) in [6, 6.07) is 6.80. The van der Waals surface area contributed by atoms with Crippen molar-refractivity contribution >= 4 is 23.2 Å². The maximum atomic E-state index is 13.8. The highest BCUT2D eigenvalue weighted by Crippen LogP contribution is 2.23. The lowest BCUT2D eigenvalue weighted by molar-refractivity contribution is 0.0925. The van der Waals surface area contributed by atoms with E-state index in [4.69, 9.17) is 11.6 Å². The standard InChI is InChI=1S/C16H18ClFN4O/c1-21-10-12(17)15(20-21)16(23)19-11-6-8-22(9-7-11)14-5-3-2-4-13(14)18/h2-5,10-11H,6-9H2,1H3,(H,19,23). The molecule has 23 heavy (non-hydrogen) atoms. The predicted molar refractivity (Wildman–Crippen MR) is 87.3 cm³/mol. The van der Waals surface area contributed by atoms with Gasteiger partial charge in [0.1, 0.15) is 5.82 Å². The van der Waals surface area contributed by atoms with E-state index in [1.165, 1.54) is 10.7 Å². The van der Waals surface area contributed by atoms with E-state index in [0.29, 0.717) is 23.8 Å². The van der Waals surface area contributed by atoms with Crippen LogP contribution in [0.1, 0.15) is 23.3 Å². The molecule has 1 N–H and O–H groups in total. The van der Waals surface area contributed by atoms with Crippen LogP contribution in [0.4, 0.5) is 10.1 Å². The smallest absolute Gasteiger partial charge is 0.273 e. The van der Waals surface area contributed by atoms with Crippen molar-refractivity contribution in [1.29, 1.82) is 0 Å². The summed E-state index contributed by atoms with van der Waals surface area (Å²) in [5.41, 5.74) is 0.857. The second kappa shape index (κ2) is 6.58. The zero-order valence-corrected chi connectivity index (χ0v) is 13.6. The van der Waals surface area contributed by atoms with Crippen LogP contribution in [0.5, 0.6) is 0 Å². The zero-order valence-electron chi connectivity index (χ0n) is 12.8. The molecule has 0 bridgehead atoms. The van der Waals surface area contributed by atoms with Crippen molar-refractivity contribution in [2.24, 2.45) is 7.05 Å². The number of benzene rings is 1. The van der Waals surface area contributed by atoms with Crippen molar-refractivity contribution in [1.82, 2.24) is 15.1 Å². The Morgan fingerprint density at radius 2 is 2.04 bits per heavy atom. The van der Waals surface area contributed by atoms with E-state index < -0.39 is 0 Å². The molecule has 3 rings (SSSR count). The lowest BCUT2D eigenvalue weighted by Gasteiger charge is -2.34. The highest BCUT2D eigenvalue weighted by molar-refractivity contribution is 6.33. The molecular weight excluding hydrogens is 319 g/mol. The average Bonchev–Trinajstić information content (AvgIpc) is 2.87. The van der Waals surface area contributed by atoms with E-state index in [0.717, 1.165) is 12.8 Å². The summed E-state index contributed by atoms with van der Waals surface area (Å²) in [6.45, 7) is 1.39. The summed E-state index contributed by atoms with van der Waals surface area (Å²) in [5, 5.41) is 7.36. The molecule has 0 aliphatic carbocycles. The lowest BCUT2D eigenvalue weighted by Crippen LogP contribution is -2.45. The zero-order chi connectivity index (χ0) is 16.4. The van der Waals surface area contributed by atoms with Gasteiger partial charge >= 0.3 is 0 Å². The van der Waals surface area contributed by atoms with Crippen LogP contribution >= 0.6 is 11.6 Å². The van der Waals surface area contributed by atoms with Gasteiger partial charge in [-0.05, 0) is 25.0 Å². The van der Waals surface area contributed by atoms with Gasteiger partial charge in [0.05, 0.1) is 10.7 Å². The third kappa shape index (κ3) is 3.47. The first kappa shape index (κ1) is 15.8. The molecule has 0 unspecified atom stereocenters. The van der Waals surface area contributed by atoms with E-state index >= 15 is 0 Å². The summed E-state index contributed by atoms with van der Waals surface area (Å²) in [5.74, 6) is -0.477. The second-order valence-corrected chi connectivity index (χ2v) is 6.09. The van der Waals surface area contributed by atoms with E-state index in [2.05, 4.69) is 10.4 Å². The Kier molecular flexibility index (Phi) is 4.52. The number of para-hydroxylation sites is 1. The van der Waals surface area contributed by atoms with Crippen molar-refractivity contribution in [3.8, 4) is 0 Å². The Balaban J connectivity index is 1.58. The van der Waals surface area contributed by atoms with Crippen LogP contribution in [0.3, 0.4) is 0 Å². The first-order valence-electron chi connectivity index (χ1n) is 7.54. The first-order chi connectivity index (χ1) is 11.0. The number of piperidine rings is 1. The fraction of sp³-hybridized carbons (Fsp3) is 0.375. The summed E-state index contributed by atoms with van der Waals surface area (Å²) in [7, 11) is 1.72. The minimum atomic E-state index is -0.264. The molecule has 122 valence electrons. The van der Waals surface area contributed by atoms with Gasteiger partial charge < -0.3 is 10.2 Å². The molecule has 0 saturated carbocycles. The van der Waals surface area contributed by atoms with Crippen LogP contribution in [0.25, 0.3) is 0 Å². The fourth-order valence-corrected chi connectivity index (χ4v) is 3.10. The van der Waals surface area contributed by atoms with Crippen molar-refractivity contribution in [2.45, 2.75) is 18.9 Å². The maximum Gasteiger partial charge on any atom is 0.273 e. The van der Waals surface area contributed by atoms with Crippen LogP contribution in [-0.4, -0.2) is 34.8 Å². The van der Waals surface area contributed by atoms with Gasteiger partial charge in [0, 0.05) is 32.4 Å². The number of rotatable bonds is 3. The Labute approximate surface area is 139 Å². The number of carbonyl (C=O) groups is 1. The van der Waals surface area contributed by atoms with Crippen molar-refractivity contribution < 1.29 is 9.18 Å². The molecule has 1 saturated heterocycles. The average molecular weight is 337 g/mol. The fourth-order valence-electron chi connectivity index (χ4n) is 2.84. The number of nitrogens with one attached hydrogen (secondary N) is 1. The minimum Gasteiger partial charge on any atom is -0.369 e. The molecule has 1 aliphatic rings. The van der Waals surface area contributed by atoms with Gasteiger partial charge in [-0.3, -0.25) is 9.48 Å². The number of halogens is 2. The first-order valence-corrected chi connectivity index (χ1v) is 7.92. The van der Waals surface area contributed by atoms with Crippen molar-refractivity contribution in [3.05, 3.63) is 47.0 Å². The molecule has 5 nitrogen and oxygen atoms in total. The van der Waals surface area contributed by atoms with E-state index in [9.17, 15) is 9.18 Å². The lowest BCUT2D eigenvalue weighted by atomic mass is 10.0. The van der Waals surface area contributed by atoms with Crippen molar-refractivity contribution in [3.63, 3.8) is 0 Å². The van der Waals surface area contributed by atoms with Crippen molar-refractivity contribution in [2.75, 3.05) is 18.0 Å². The molecule has 0 atom stereocenters. The molecule has 1 aliphatic heterocycles. The van der Waals surface area contributed by atoms with Gasteiger partial charge in [-0.15, -0.1) is 0 Å². The van der Waals surface area contributed by atoms with Crippen LogP contribution in [0.15, 0.2) is 30.5 Å². The van der Waals surface area contributed by atoms with Gasteiger partial charge in [-0.2, -0.15) is 5.10 Å². The Bertz CT molecular complexity index is 710. The molecule has 2 heterocycles. The number of nitrogens with zero attached hydrogens (tertiary/aromatic N) is 3. The number of anilines is 1. The van der Waals surface area contributed by atoms with E-state index in [1.54, 1.807) is 25.4 Å². The summed E-state index contributed by atoms with van der Waals surface area (Å²) < 4.78 is 15.3. The van der Waals surface area contributed by atoms with Gasteiger partial charge in [0.15, 0.2) is 5.69 Å². The van der Waals surface area contributed by atoms with Gasteiger partial charge in [-0.25, -0.2) is 4.39 Å². The molecular formula is C16H18ClFN4O. The highest BCUT2D eigenvalue weighted by atomic mass is 35.5. The molecule has 2 aromatic rings. The van der Waals surface area contributed by atoms with Gasteiger partial charge in [0.2, 0.25) is 0 Å². The molecule has 1 fully saturated rings. The minimum absolute atomic E-state index is 0.0450. The molecule has 1 amide bonds. The Hall–Kier alpha value is -2.08. The second-order valence-electron chi connectivity index (χ2n) is 5.69. The van der Waals surface area contributed by atoms with E-state index in [-0.39, 0.29) is 23.5 Å². The highest BCUT2D eigenvalue weighted by Gasteiger charge is 2.24. The van der Waals surface area contributed by atoms with E-state index in [1.807, 2.05) is 11.0 Å². The summed E-state index contributed by atoms with van der Waals surface area (Å²) in [4.78, 5) is 14.2. The van der Waals surface area contributed by atoms with Crippen LogP contribution in [-0.2, 0) is 7.05 Å². The largest absolute Gasteiger partial charge is 0.369 e. The number of aromatic nitrogens is 2. The molecule has 0 radical (unpaired) electrons. The molecule has 1 aromatic carbocycles.